The molecule has 0 aliphatic heterocycles. The molecular weight excluding hydrogens is 236 g/mol. The lowest BCUT2D eigenvalue weighted by Gasteiger charge is -2.27. The molecule has 1 aromatic rings. The molecule has 2 N–H and O–H groups in total. The van der Waals surface area contributed by atoms with Crippen LogP contribution in [-0.2, 0) is 4.79 Å². The van der Waals surface area contributed by atoms with Crippen molar-refractivity contribution in [2.24, 2.45) is 0 Å². The van der Waals surface area contributed by atoms with Gasteiger partial charge in [0.05, 0.1) is 6.42 Å². The molecule has 1 heterocycles. The standard InChI is InChI=1S/C12H16N2O4/c1-3-14(8(2)6-11(16)17)12(18)9-4-5-13-10(15)7-9/h4-5,7-8H,3,6H2,1-2H3,(H,13,15)(H,16,17). The highest BCUT2D eigenvalue weighted by Gasteiger charge is 2.21. The van der Waals surface area contributed by atoms with Crippen LogP contribution in [0.2, 0.25) is 0 Å². The molecule has 0 fully saturated rings. The highest BCUT2D eigenvalue weighted by Crippen LogP contribution is 2.09. The molecule has 98 valence electrons. The topological polar surface area (TPSA) is 90.5 Å². The second-order valence-corrected chi connectivity index (χ2v) is 3.98. The number of nitrogens with one attached hydrogen (secondary N) is 1. The van der Waals surface area contributed by atoms with Crippen LogP contribution in [0.5, 0.6) is 0 Å². The summed E-state index contributed by atoms with van der Waals surface area (Å²) in [5, 5.41) is 8.73. The summed E-state index contributed by atoms with van der Waals surface area (Å²) in [7, 11) is 0. The molecule has 18 heavy (non-hydrogen) atoms. The third-order valence-corrected chi connectivity index (χ3v) is 2.63. The Morgan fingerprint density at radius 2 is 2.17 bits per heavy atom. The Balaban J connectivity index is 2.92. The van der Waals surface area contributed by atoms with E-state index in [4.69, 9.17) is 5.11 Å². The third kappa shape index (κ3) is 3.44. The quantitative estimate of drug-likeness (QED) is 0.807. The molecule has 0 bridgehead atoms. The molecule has 6 heteroatoms. The molecule has 0 saturated heterocycles. The lowest BCUT2D eigenvalue weighted by molar-refractivity contribution is -0.138. The maximum atomic E-state index is 12.1. The predicted molar refractivity (Wildman–Crippen MR) is 65.5 cm³/mol. The zero-order chi connectivity index (χ0) is 13.7. The lowest BCUT2D eigenvalue weighted by Crippen LogP contribution is -2.40. The Labute approximate surface area is 104 Å². The summed E-state index contributed by atoms with van der Waals surface area (Å²) in [6.45, 7) is 3.83. The molecule has 0 aliphatic carbocycles. The van der Waals surface area contributed by atoms with Crippen molar-refractivity contribution in [1.29, 1.82) is 0 Å². The fraction of sp³-hybridized carbons (Fsp3) is 0.417. The van der Waals surface area contributed by atoms with Crippen LogP contribution in [0.25, 0.3) is 0 Å². The van der Waals surface area contributed by atoms with Gasteiger partial charge in [0.2, 0.25) is 5.56 Å². The number of carbonyl (C=O) groups is 2. The lowest BCUT2D eigenvalue weighted by atomic mass is 10.1. The SMILES string of the molecule is CCN(C(=O)c1cc[nH]c(=O)c1)C(C)CC(=O)O. The van der Waals surface area contributed by atoms with Crippen molar-refractivity contribution in [3.05, 3.63) is 34.2 Å². The van der Waals surface area contributed by atoms with Gasteiger partial charge in [-0.1, -0.05) is 0 Å². The van der Waals surface area contributed by atoms with Gasteiger partial charge >= 0.3 is 5.97 Å². The van der Waals surface area contributed by atoms with E-state index in [9.17, 15) is 14.4 Å². The van der Waals surface area contributed by atoms with Crippen LogP contribution in [0, 0.1) is 0 Å². The van der Waals surface area contributed by atoms with Crippen LogP contribution in [-0.4, -0.2) is 39.5 Å². The van der Waals surface area contributed by atoms with Gasteiger partial charge in [0.1, 0.15) is 0 Å². The number of carboxylic acids is 1. The highest BCUT2D eigenvalue weighted by molar-refractivity contribution is 5.94. The first-order valence-electron chi connectivity index (χ1n) is 5.67. The number of rotatable bonds is 5. The summed E-state index contributed by atoms with van der Waals surface area (Å²) in [6, 6.07) is 2.29. The van der Waals surface area contributed by atoms with Gasteiger partial charge in [0.15, 0.2) is 0 Å². The normalized spacial score (nSPS) is 11.9. The zero-order valence-electron chi connectivity index (χ0n) is 10.3. The van der Waals surface area contributed by atoms with Crippen LogP contribution < -0.4 is 5.56 Å². The van der Waals surface area contributed by atoms with Crippen molar-refractivity contribution in [3.63, 3.8) is 0 Å². The summed E-state index contributed by atoms with van der Waals surface area (Å²) < 4.78 is 0. The molecule has 0 spiro atoms. The van der Waals surface area contributed by atoms with Crippen LogP contribution in [0.15, 0.2) is 23.1 Å². The summed E-state index contributed by atoms with van der Waals surface area (Å²) >= 11 is 0. The fourth-order valence-corrected chi connectivity index (χ4v) is 1.76. The molecule has 0 saturated carbocycles. The molecule has 6 nitrogen and oxygen atoms in total. The van der Waals surface area contributed by atoms with Crippen molar-refractivity contribution >= 4 is 11.9 Å². The van der Waals surface area contributed by atoms with Crippen molar-refractivity contribution in [3.8, 4) is 0 Å². The molecule has 1 amide bonds. The van der Waals surface area contributed by atoms with E-state index in [0.717, 1.165) is 0 Å². The fourth-order valence-electron chi connectivity index (χ4n) is 1.76. The van der Waals surface area contributed by atoms with Gasteiger partial charge in [0, 0.05) is 30.4 Å². The molecule has 1 aromatic heterocycles. The Hall–Kier alpha value is -2.11. The van der Waals surface area contributed by atoms with Gasteiger partial charge in [-0.2, -0.15) is 0 Å². The average molecular weight is 252 g/mol. The number of carbonyl (C=O) groups excluding carboxylic acids is 1. The summed E-state index contributed by atoms with van der Waals surface area (Å²) in [6.07, 6.45) is 1.27. The Morgan fingerprint density at radius 1 is 1.50 bits per heavy atom. The number of carboxylic acid groups (broad SMARTS) is 1. The molecule has 1 unspecified atom stereocenters. The molecule has 0 aliphatic rings. The second kappa shape index (κ2) is 6.00. The summed E-state index contributed by atoms with van der Waals surface area (Å²) in [4.78, 5) is 37.8. The van der Waals surface area contributed by atoms with Gasteiger partial charge in [-0.05, 0) is 19.9 Å². The van der Waals surface area contributed by atoms with Crippen LogP contribution >= 0.6 is 0 Å². The number of nitrogens with zero attached hydrogens (tertiary/aromatic N) is 1. The minimum absolute atomic E-state index is 0.122. The van der Waals surface area contributed by atoms with Crippen molar-refractivity contribution in [2.45, 2.75) is 26.3 Å². The average Bonchev–Trinajstić information content (AvgIpc) is 2.28. The summed E-state index contributed by atoms with van der Waals surface area (Å²) in [5.74, 6) is -1.29. The monoisotopic (exact) mass is 252 g/mol. The van der Waals surface area contributed by atoms with Crippen molar-refractivity contribution in [2.75, 3.05) is 6.54 Å². The van der Waals surface area contributed by atoms with Crippen LogP contribution in [0.3, 0.4) is 0 Å². The zero-order valence-corrected chi connectivity index (χ0v) is 10.3. The van der Waals surface area contributed by atoms with E-state index in [0.29, 0.717) is 6.54 Å². The molecule has 0 aromatic carbocycles. The Morgan fingerprint density at radius 3 is 2.67 bits per heavy atom. The number of hydrogen-bond acceptors (Lipinski definition) is 3. The van der Waals surface area contributed by atoms with Gasteiger partial charge < -0.3 is 15.0 Å². The number of pyridine rings is 1. The molecular formula is C12H16N2O4. The Bertz CT molecular complexity index is 495. The maximum absolute atomic E-state index is 12.1. The predicted octanol–water partition coefficient (Wildman–Crippen LogP) is 0.700. The first-order valence-corrected chi connectivity index (χ1v) is 5.67. The van der Waals surface area contributed by atoms with Crippen molar-refractivity contribution in [1.82, 2.24) is 9.88 Å². The number of amides is 1. The van der Waals surface area contributed by atoms with Crippen LogP contribution in [0.4, 0.5) is 0 Å². The van der Waals surface area contributed by atoms with Gasteiger partial charge in [0.25, 0.3) is 5.91 Å². The van der Waals surface area contributed by atoms with Gasteiger partial charge in [-0.3, -0.25) is 14.4 Å². The maximum Gasteiger partial charge on any atom is 0.305 e. The first kappa shape index (κ1) is 14.0. The highest BCUT2D eigenvalue weighted by atomic mass is 16.4. The van der Waals surface area contributed by atoms with Gasteiger partial charge in [-0.15, -0.1) is 0 Å². The van der Waals surface area contributed by atoms with E-state index in [2.05, 4.69) is 4.98 Å². The van der Waals surface area contributed by atoms with Crippen LogP contribution in [0.1, 0.15) is 30.6 Å². The smallest absolute Gasteiger partial charge is 0.305 e. The van der Waals surface area contributed by atoms with E-state index in [1.807, 2.05) is 0 Å². The number of aromatic amines is 1. The Kier molecular flexibility index (Phi) is 4.65. The number of aromatic nitrogens is 1. The largest absolute Gasteiger partial charge is 0.481 e. The first-order chi connectivity index (χ1) is 8.45. The molecule has 1 rings (SSSR count). The van der Waals surface area contributed by atoms with E-state index < -0.39 is 12.0 Å². The number of H-pyrrole nitrogens is 1. The summed E-state index contributed by atoms with van der Waals surface area (Å²) in [5.41, 5.74) is -0.0966. The van der Waals surface area contributed by atoms with E-state index in [1.54, 1.807) is 13.8 Å². The molecule has 1 atom stereocenters. The van der Waals surface area contributed by atoms with Gasteiger partial charge in [-0.25, -0.2) is 0 Å². The second-order valence-electron chi connectivity index (χ2n) is 3.98. The minimum Gasteiger partial charge on any atom is -0.481 e. The van der Waals surface area contributed by atoms with E-state index >= 15 is 0 Å². The third-order valence-electron chi connectivity index (χ3n) is 2.63. The number of hydrogen-bond donors (Lipinski definition) is 2. The van der Waals surface area contributed by atoms with Crippen molar-refractivity contribution < 1.29 is 14.7 Å². The van der Waals surface area contributed by atoms with E-state index in [-0.39, 0.29) is 23.5 Å². The van der Waals surface area contributed by atoms with E-state index in [1.165, 1.54) is 23.2 Å². The minimum atomic E-state index is -0.959. The molecule has 0 radical (unpaired) electrons. The number of aliphatic carboxylic acids is 1.